The normalized spacial score (nSPS) is 14.3. The van der Waals surface area contributed by atoms with Gasteiger partial charge in [0.1, 0.15) is 0 Å². The first-order chi connectivity index (χ1) is 13.1. The number of ether oxygens (including phenoxy) is 1. The molecule has 1 aromatic carbocycles. The second-order valence-electron chi connectivity index (χ2n) is 7.46. The predicted octanol–water partition coefficient (Wildman–Crippen LogP) is 3.89. The molecule has 3 amide bonds. The maximum absolute atomic E-state index is 12.4. The Morgan fingerprint density at radius 2 is 1.70 bits per heavy atom. The summed E-state index contributed by atoms with van der Waals surface area (Å²) in [6, 6.07) is 6.83. The van der Waals surface area contributed by atoms with Crippen LogP contribution < -0.4 is 10.6 Å². The van der Waals surface area contributed by atoms with Gasteiger partial charge in [0, 0.05) is 30.9 Å². The lowest BCUT2D eigenvalue weighted by Crippen LogP contribution is -2.40. The van der Waals surface area contributed by atoms with Crippen LogP contribution in [0.5, 0.6) is 0 Å². The van der Waals surface area contributed by atoms with Crippen LogP contribution >= 0.6 is 0 Å². The van der Waals surface area contributed by atoms with Crippen LogP contribution in [0, 0.1) is 5.92 Å². The highest BCUT2D eigenvalue weighted by Crippen LogP contribution is 2.13. The Kier molecular flexibility index (Phi) is 9.11. The van der Waals surface area contributed by atoms with E-state index >= 15 is 0 Å². The van der Waals surface area contributed by atoms with Crippen molar-refractivity contribution in [2.45, 2.75) is 46.0 Å². The van der Waals surface area contributed by atoms with E-state index in [1.807, 2.05) is 0 Å². The number of unbranched alkanes of at least 4 members (excludes halogenated alkanes) is 3. The third kappa shape index (κ3) is 7.99. The lowest BCUT2D eigenvalue weighted by Gasteiger charge is -2.26. The van der Waals surface area contributed by atoms with E-state index in [1.165, 1.54) is 19.3 Å². The van der Waals surface area contributed by atoms with Crippen LogP contribution in [0.1, 0.15) is 56.3 Å². The van der Waals surface area contributed by atoms with Crippen molar-refractivity contribution in [3.8, 4) is 0 Å². The molecular weight excluding hydrogens is 342 g/mol. The SMILES string of the molecule is CC(C)CCCCCCNC(=O)Nc1ccc(C(=O)N2CCOCC2)cc1. The van der Waals surface area contributed by atoms with Gasteiger partial charge in [-0.2, -0.15) is 0 Å². The zero-order valence-corrected chi connectivity index (χ0v) is 16.6. The molecule has 2 N–H and O–H groups in total. The number of nitrogens with zero attached hydrogens (tertiary/aromatic N) is 1. The highest BCUT2D eigenvalue weighted by Gasteiger charge is 2.18. The second-order valence-corrected chi connectivity index (χ2v) is 7.46. The van der Waals surface area contributed by atoms with Crippen LogP contribution in [0.4, 0.5) is 10.5 Å². The van der Waals surface area contributed by atoms with E-state index in [-0.39, 0.29) is 11.9 Å². The van der Waals surface area contributed by atoms with Gasteiger partial charge < -0.3 is 20.3 Å². The molecule has 0 unspecified atom stereocenters. The quantitative estimate of drug-likeness (QED) is 0.643. The molecule has 27 heavy (non-hydrogen) atoms. The van der Waals surface area contributed by atoms with Gasteiger partial charge in [-0.05, 0) is 36.6 Å². The molecule has 1 aromatic rings. The number of amides is 3. The summed E-state index contributed by atoms with van der Waals surface area (Å²) in [6.07, 6.45) is 5.90. The number of carbonyl (C=O) groups is 2. The second kappa shape index (κ2) is 11.6. The fourth-order valence-corrected chi connectivity index (χ4v) is 3.05. The Bertz CT molecular complexity index is 581. The van der Waals surface area contributed by atoms with Crippen LogP contribution in [-0.4, -0.2) is 49.7 Å². The largest absolute Gasteiger partial charge is 0.378 e. The van der Waals surface area contributed by atoms with Gasteiger partial charge in [0.2, 0.25) is 0 Å². The molecule has 1 fully saturated rings. The molecule has 0 radical (unpaired) electrons. The Hall–Kier alpha value is -2.08. The average molecular weight is 376 g/mol. The zero-order chi connectivity index (χ0) is 19.5. The number of benzene rings is 1. The molecule has 0 bridgehead atoms. The van der Waals surface area contributed by atoms with E-state index in [1.54, 1.807) is 29.2 Å². The van der Waals surface area contributed by atoms with Crippen LogP contribution in [-0.2, 0) is 4.74 Å². The maximum atomic E-state index is 12.4. The average Bonchev–Trinajstić information content (AvgIpc) is 2.67. The highest BCUT2D eigenvalue weighted by molar-refractivity contribution is 5.95. The molecule has 0 atom stereocenters. The molecule has 0 aliphatic carbocycles. The molecule has 1 aliphatic rings. The maximum Gasteiger partial charge on any atom is 0.319 e. The fourth-order valence-electron chi connectivity index (χ4n) is 3.05. The number of hydrogen-bond acceptors (Lipinski definition) is 3. The minimum absolute atomic E-state index is 0.00627. The summed E-state index contributed by atoms with van der Waals surface area (Å²) in [5.74, 6) is 0.774. The van der Waals surface area contributed by atoms with Crippen molar-refractivity contribution in [2.75, 3.05) is 38.2 Å². The number of hydrogen-bond donors (Lipinski definition) is 2. The summed E-state index contributed by atoms with van der Waals surface area (Å²) < 4.78 is 5.27. The first kappa shape index (κ1) is 21.2. The number of anilines is 1. The Morgan fingerprint density at radius 1 is 1.04 bits per heavy atom. The van der Waals surface area contributed by atoms with Crippen molar-refractivity contribution in [3.05, 3.63) is 29.8 Å². The number of nitrogens with one attached hydrogen (secondary N) is 2. The summed E-state index contributed by atoms with van der Waals surface area (Å²) in [5.41, 5.74) is 1.31. The van der Waals surface area contributed by atoms with Crippen LogP contribution in [0.3, 0.4) is 0 Å². The van der Waals surface area contributed by atoms with Crippen LogP contribution in [0.2, 0.25) is 0 Å². The topological polar surface area (TPSA) is 70.7 Å². The molecule has 1 saturated heterocycles. The van der Waals surface area contributed by atoms with Crippen LogP contribution in [0.25, 0.3) is 0 Å². The van der Waals surface area contributed by atoms with E-state index in [4.69, 9.17) is 4.74 Å². The molecule has 1 aliphatic heterocycles. The predicted molar refractivity (Wildman–Crippen MR) is 108 cm³/mol. The lowest BCUT2D eigenvalue weighted by atomic mass is 10.0. The van der Waals surface area contributed by atoms with Crippen molar-refractivity contribution in [3.63, 3.8) is 0 Å². The van der Waals surface area contributed by atoms with Gasteiger partial charge in [-0.15, -0.1) is 0 Å². The monoisotopic (exact) mass is 375 g/mol. The molecule has 2 rings (SSSR count). The molecule has 150 valence electrons. The summed E-state index contributed by atoms with van der Waals surface area (Å²) in [4.78, 5) is 26.1. The van der Waals surface area contributed by atoms with Crippen molar-refractivity contribution >= 4 is 17.6 Å². The van der Waals surface area contributed by atoms with E-state index in [0.717, 1.165) is 18.8 Å². The molecule has 0 spiro atoms. The number of rotatable bonds is 9. The molecule has 0 aromatic heterocycles. The molecular formula is C21H33N3O3. The standard InChI is InChI=1S/C21H33N3O3/c1-17(2)7-5-3-4-6-12-22-21(26)23-19-10-8-18(9-11-19)20(25)24-13-15-27-16-14-24/h8-11,17H,3-7,12-16H2,1-2H3,(H2,22,23,26). The highest BCUT2D eigenvalue weighted by atomic mass is 16.5. The first-order valence-corrected chi connectivity index (χ1v) is 10.1. The summed E-state index contributed by atoms with van der Waals surface area (Å²) in [5, 5.41) is 5.69. The molecule has 6 heteroatoms. The summed E-state index contributed by atoms with van der Waals surface area (Å²) >= 11 is 0. The van der Waals surface area contributed by atoms with E-state index in [0.29, 0.717) is 44.1 Å². The van der Waals surface area contributed by atoms with E-state index in [2.05, 4.69) is 24.5 Å². The van der Waals surface area contributed by atoms with Crippen molar-refractivity contribution in [2.24, 2.45) is 5.92 Å². The third-order valence-electron chi connectivity index (χ3n) is 4.68. The van der Waals surface area contributed by atoms with Crippen molar-refractivity contribution in [1.82, 2.24) is 10.2 Å². The molecule has 1 heterocycles. The Morgan fingerprint density at radius 3 is 2.37 bits per heavy atom. The fraction of sp³-hybridized carbons (Fsp3) is 0.619. The number of urea groups is 1. The molecule has 6 nitrogen and oxygen atoms in total. The minimum Gasteiger partial charge on any atom is -0.378 e. The van der Waals surface area contributed by atoms with Gasteiger partial charge in [-0.25, -0.2) is 4.79 Å². The Labute approximate surface area is 162 Å². The van der Waals surface area contributed by atoms with Crippen molar-refractivity contribution in [1.29, 1.82) is 0 Å². The summed E-state index contributed by atoms with van der Waals surface area (Å²) in [7, 11) is 0. The minimum atomic E-state index is -0.204. The van der Waals surface area contributed by atoms with E-state index < -0.39 is 0 Å². The zero-order valence-electron chi connectivity index (χ0n) is 16.6. The number of morpholine rings is 1. The van der Waals surface area contributed by atoms with Crippen LogP contribution in [0.15, 0.2) is 24.3 Å². The summed E-state index contributed by atoms with van der Waals surface area (Å²) in [6.45, 7) is 7.60. The smallest absolute Gasteiger partial charge is 0.319 e. The van der Waals surface area contributed by atoms with Gasteiger partial charge >= 0.3 is 6.03 Å². The van der Waals surface area contributed by atoms with Gasteiger partial charge in [0.05, 0.1) is 13.2 Å². The van der Waals surface area contributed by atoms with Crippen molar-refractivity contribution < 1.29 is 14.3 Å². The Balaban J connectivity index is 1.65. The first-order valence-electron chi connectivity index (χ1n) is 10.1. The molecule has 0 saturated carbocycles. The number of carbonyl (C=O) groups excluding carboxylic acids is 2. The van der Waals surface area contributed by atoms with Gasteiger partial charge in [-0.1, -0.05) is 39.5 Å². The third-order valence-corrected chi connectivity index (χ3v) is 4.68. The van der Waals surface area contributed by atoms with Gasteiger partial charge in [0.15, 0.2) is 0 Å². The van der Waals surface area contributed by atoms with Gasteiger partial charge in [-0.3, -0.25) is 4.79 Å². The van der Waals surface area contributed by atoms with Gasteiger partial charge in [0.25, 0.3) is 5.91 Å². The van der Waals surface area contributed by atoms with E-state index in [9.17, 15) is 9.59 Å². The lowest BCUT2D eigenvalue weighted by molar-refractivity contribution is 0.0303.